The minimum atomic E-state index is 0.0338. The van der Waals surface area contributed by atoms with Crippen molar-refractivity contribution in [2.45, 2.75) is 109 Å². The third-order valence-corrected chi connectivity index (χ3v) is 19.8. The van der Waals surface area contributed by atoms with E-state index in [1.165, 1.54) is 123 Å². The zero-order chi connectivity index (χ0) is 55.5. The Bertz CT molecular complexity index is 4190. The Hall–Kier alpha value is -7.31. The molecule has 6 heterocycles. The van der Waals surface area contributed by atoms with Gasteiger partial charge in [-0.2, -0.15) is 13.7 Å². The van der Waals surface area contributed by atoms with Crippen LogP contribution in [0.1, 0.15) is 129 Å². The van der Waals surface area contributed by atoms with Gasteiger partial charge < -0.3 is 0 Å². The van der Waals surface area contributed by atoms with E-state index in [4.69, 9.17) is 0 Å². The van der Waals surface area contributed by atoms with Crippen molar-refractivity contribution in [2.24, 2.45) is 0 Å². The average molecular weight is 1180 g/mol. The number of hydrogen-bond acceptors (Lipinski definition) is 0. The first-order valence-electron chi connectivity index (χ1n) is 29.1. The molecule has 0 bridgehead atoms. The van der Waals surface area contributed by atoms with E-state index < -0.39 is 0 Å². The van der Waals surface area contributed by atoms with Crippen LogP contribution in [0.4, 0.5) is 0 Å². The summed E-state index contributed by atoms with van der Waals surface area (Å²) in [6.07, 6.45) is 12.0. The topological polar surface area (TPSA) is 11.6 Å². The van der Waals surface area contributed by atoms with Crippen molar-refractivity contribution in [3.05, 3.63) is 267 Å². The Morgan fingerprint density at radius 1 is 0.395 bits per heavy atom. The lowest BCUT2D eigenvalue weighted by atomic mass is 9.66. The van der Waals surface area contributed by atoms with Crippen LogP contribution in [0.2, 0.25) is 0 Å². The fourth-order valence-corrected chi connectivity index (χ4v) is 15.5. The van der Waals surface area contributed by atoms with Gasteiger partial charge in [0.25, 0.3) is 0 Å². The summed E-state index contributed by atoms with van der Waals surface area (Å²) in [7, 11) is 0. The van der Waals surface area contributed by atoms with Crippen molar-refractivity contribution in [2.75, 3.05) is 0 Å². The molecule has 3 aliphatic heterocycles. The van der Waals surface area contributed by atoms with E-state index in [9.17, 15) is 0 Å². The highest BCUT2D eigenvalue weighted by Gasteiger charge is 2.40. The lowest BCUT2D eigenvalue weighted by Gasteiger charge is -2.38. The van der Waals surface area contributed by atoms with Crippen LogP contribution in [-0.2, 0) is 23.9 Å². The third kappa shape index (κ3) is 9.02. The van der Waals surface area contributed by atoms with Crippen molar-refractivity contribution in [1.82, 2.24) is 0 Å². The number of benzene rings is 7. The van der Waals surface area contributed by atoms with Crippen LogP contribution >= 0.6 is 31.9 Å². The monoisotopic (exact) mass is 1180 g/mol. The predicted molar refractivity (Wildman–Crippen MR) is 339 cm³/mol. The molecule has 10 aromatic rings. The molecule has 4 unspecified atom stereocenters. The van der Waals surface area contributed by atoms with E-state index >= 15 is 0 Å². The molecular weight excluding hydrogens is 1110 g/mol. The molecule has 398 valence electrons. The number of allylic oxidation sites excluding steroid dienone is 1. The molecule has 14 rings (SSSR count). The van der Waals surface area contributed by atoms with Crippen LogP contribution in [-0.4, -0.2) is 0 Å². The first-order chi connectivity index (χ1) is 39.2. The number of fused-ring (bicyclic) bond motifs is 9. The number of rotatable bonds is 8. The van der Waals surface area contributed by atoms with Gasteiger partial charge in [-0.25, -0.2) is 0 Å². The molecule has 5 heteroatoms. The van der Waals surface area contributed by atoms with E-state index in [1.807, 2.05) is 0 Å². The molecule has 81 heavy (non-hydrogen) atoms. The summed E-state index contributed by atoms with van der Waals surface area (Å²) >= 11 is 8.44. The minimum absolute atomic E-state index is 0.0338. The summed E-state index contributed by atoms with van der Waals surface area (Å²) in [4.78, 5) is 0. The molecule has 0 radical (unpaired) electrons. The van der Waals surface area contributed by atoms with Gasteiger partial charge in [-0.3, -0.25) is 0 Å². The minimum Gasteiger partial charge on any atom is -0.194 e. The zero-order valence-corrected chi connectivity index (χ0v) is 50.5. The van der Waals surface area contributed by atoms with E-state index in [0.717, 1.165) is 41.3 Å². The summed E-state index contributed by atoms with van der Waals surface area (Å²) in [5, 5.41) is 0. The maximum absolute atomic E-state index is 4.41. The molecule has 1 saturated carbocycles. The standard InChI is InChI=1S/C76H68Br2N3/c1-8-71-67-42-66(70(78)44-68(67)74-40-54(76(5,6)7)30-33-81(71)74)60-27-17-14-24-57(60)50-35-48(55-22-12-15-25-58(55)64-37-51-45-79-31-19-18-28-72(79)62(51)41-61(64)47-20-10-9-11-21-47)34-49(36-50)56-23-13-16-26-59(56)65-38-52-46-80-32-29-53(75(2,3)4)39-73(80)63(52)43-69(65)77/h8-33,37-44,48-50,71H,1,34-36,45-46H2,2-7H3/q+3. The quantitative estimate of drug-likeness (QED) is 0.106. The molecular formula is C76H68Br2N3+3. The van der Waals surface area contributed by atoms with Crippen LogP contribution in [0.25, 0.3) is 78.3 Å². The fourth-order valence-electron chi connectivity index (χ4n) is 14.3. The van der Waals surface area contributed by atoms with Crippen LogP contribution in [0.3, 0.4) is 0 Å². The third-order valence-electron chi connectivity index (χ3n) is 18.5. The maximum atomic E-state index is 4.41. The van der Waals surface area contributed by atoms with Gasteiger partial charge in [0.2, 0.25) is 23.1 Å². The van der Waals surface area contributed by atoms with Crippen LogP contribution in [0.15, 0.2) is 222 Å². The van der Waals surface area contributed by atoms with Crippen molar-refractivity contribution >= 4 is 31.9 Å². The number of aromatic nitrogens is 3. The molecule has 7 aromatic carbocycles. The summed E-state index contributed by atoms with van der Waals surface area (Å²) in [6.45, 7) is 20.0. The molecule has 4 aliphatic rings. The first-order valence-corrected chi connectivity index (χ1v) is 30.6. The lowest BCUT2D eigenvalue weighted by Crippen LogP contribution is -2.37. The molecule has 3 aromatic heterocycles. The second kappa shape index (κ2) is 20.0. The van der Waals surface area contributed by atoms with Crippen LogP contribution in [0, 0.1) is 0 Å². The number of hydrogen-bond donors (Lipinski definition) is 0. The van der Waals surface area contributed by atoms with E-state index in [-0.39, 0.29) is 34.6 Å². The highest BCUT2D eigenvalue weighted by atomic mass is 79.9. The maximum Gasteiger partial charge on any atom is 0.214 e. The van der Waals surface area contributed by atoms with Gasteiger partial charge >= 0.3 is 0 Å². The number of halogens is 2. The van der Waals surface area contributed by atoms with Crippen molar-refractivity contribution < 1.29 is 13.7 Å². The van der Waals surface area contributed by atoms with Gasteiger partial charge in [0.1, 0.15) is 0 Å². The Morgan fingerprint density at radius 3 is 1.47 bits per heavy atom. The molecule has 3 nitrogen and oxygen atoms in total. The van der Waals surface area contributed by atoms with E-state index in [2.05, 4.69) is 300 Å². The molecule has 0 saturated heterocycles. The van der Waals surface area contributed by atoms with Crippen LogP contribution < -0.4 is 13.7 Å². The van der Waals surface area contributed by atoms with Crippen molar-refractivity contribution in [3.8, 4) is 78.3 Å². The van der Waals surface area contributed by atoms with Gasteiger partial charge in [-0.05, 0) is 169 Å². The second-order valence-corrected chi connectivity index (χ2v) is 27.1. The van der Waals surface area contributed by atoms with Gasteiger partial charge in [-0.15, -0.1) is 0 Å². The smallest absolute Gasteiger partial charge is 0.194 e. The lowest BCUT2D eigenvalue weighted by molar-refractivity contribution is -0.687. The highest BCUT2D eigenvalue weighted by molar-refractivity contribution is 9.11. The van der Waals surface area contributed by atoms with Crippen LogP contribution in [0.5, 0.6) is 0 Å². The molecule has 0 N–H and O–H groups in total. The second-order valence-electron chi connectivity index (χ2n) is 25.4. The van der Waals surface area contributed by atoms with Gasteiger partial charge in [-0.1, -0.05) is 183 Å². The predicted octanol–water partition coefficient (Wildman–Crippen LogP) is 19.0. The number of nitrogens with zero attached hydrogens (tertiary/aromatic N) is 3. The summed E-state index contributed by atoms with van der Waals surface area (Å²) in [5.41, 5.74) is 29.1. The van der Waals surface area contributed by atoms with Crippen molar-refractivity contribution in [1.29, 1.82) is 0 Å². The molecule has 1 fully saturated rings. The SMILES string of the molecule is C=CC1c2cc(-c3ccccc3C3CC(c4ccccc4-c4cc5c(cc4Br)-c4cc(C(C)(C)C)cc[n+]4C5)CC(c4ccccc4-c4cc5c(cc4-c4ccccc4)-c4cccc[n+]4C5)C3)c(Br)cc2-c2cc(C(C)(C)C)cc[n+]21. The summed E-state index contributed by atoms with van der Waals surface area (Å²) < 4.78 is 9.49. The Morgan fingerprint density at radius 2 is 0.877 bits per heavy atom. The van der Waals surface area contributed by atoms with E-state index in [1.54, 1.807) is 0 Å². The summed E-state index contributed by atoms with van der Waals surface area (Å²) in [5.74, 6) is 0.786. The Balaban J connectivity index is 0.913. The number of pyridine rings is 3. The average Bonchev–Trinajstić information content (AvgIpc) is 3.96. The Labute approximate surface area is 495 Å². The van der Waals surface area contributed by atoms with Gasteiger partial charge in [0, 0.05) is 62.0 Å². The normalized spacial score (nSPS) is 17.7. The first kappa shape index (κ1) is 51.8. The summed E-state index contributed by atoms with van der Waals surface area (Å²) in [6, 6.07) is 70.0. The highest BCUT2D eigenvalue weighted by Crippen LogP contribution is 2.55. The largest absolute Gasteiger partial charge is 0.214 e. The molecule has 0 spiro atoms. The van der Waals surface area contributed by atoms with Crippen molar-refractivity contribution in [3.63, 3.8) is 0 Å². The van der Waals surface area contributed by atoms with Gasteiger partial charge in [0.05, 0.1) is 16.7 Å². The zero-order valence-electron chi connectivity index (χ0n) is 47.3. The van der Waals surface area contributed by atoms with Gasteiger partial charge in [0.15, 0.2) is 31.7 Å². The molecule has 0 amide bonds. The molecule has 4 atom stereocenters. The molecule has 1 aliphatic carbocycles. The Kier molecular flexibility index (Phi) is 12.8. The fraction of sp³-hybridized carbons (Fsp3) is 0.224. The van der Waals surface area contributed by atoms with E-state index in [0.29, 0.717) is 0 Å².